The van der Waals surface area contributed by atoms with E-state index in [1.165, 1.54) is 0 Å². The van der Waals surface area contributed by atoms with Crippen LogP contribution in [-0.2, 0) is 13.6 Å². The number of aryl methyl sites for hydroxylation is 1. The highest BCUT2D eigenvalue weighted by Gasteiger charge is 2.10. The third-order valence-electron chi connectivity index (χ3n) is 3.68. The van der Waals surface area contributed by atoms with E-state index in [2.05, 4.69) is 23.2 Å². The molecule has 3 aromatic rings. The second-order valence-electron chi connectivity index (χ2n) is 5.03. The molecule has 1 unspecified atom stereocenters. The molecule has 3 rings (SSSR count). The van der Waals surface area contributed by atoms with Gasteiger partial charge in [-0.2, -0.15) is 0 Å². The maximum absolute atomic E-state index is 6.34. The molecule has 0 spiro atoms. The lowest BCUT2D eigenvalue weighted by atomic mass is 9.98. The number of aromatic nitrogens is 2. The lowest BCUT2D eigenvalue weighted by Crippen LogP contribution is -2.12. The highest BCUT2D eigenvalue weighted by Crippen LogP contribution is 2.23. The normalized spacial score (nSPS) is 12.8. The molecule has 0 aliphatic heterocycles. The number of rotatable bonds is 3. The predicted octanol–water partition coefficient (Wildman–Crippen LogP) is 2.08. The first-order chi connectivity index (χ1) is 9.69. The number of nitrogens with zero attached hydrogens (tertiary/aromatic N) is 2. The van der Waals surface area contributed by atoms with E-state index in [9.17, 15) is 0 Å². The van der Waals surface area contributed by atoms with Gasteiger partial charge in [-0.05, 0) is 28.8 Å². The summed E-state index contributed by atoms with van der Waals surface area (Å²) in [7, 11) is 1.99. The molecule has 0 aliphatic rings. The van der Waals surface area contributed by atoms with Crippen molar-refractivity contribution in [1.29, 1.82) is 0 Å². The average molecular weight is 266 g/mol. The molecule has 20 heavy (non-hydrogen) atoms. The van der Waals surface area contributed by atoms with Crippen LogP contribution in [0.1, 0.15) is 22.7 Å². The summed E-state index contributed by atoms with van der Waals surface area (Å²) in [5.74, 6) is 0. The van der Waals surface area contributed by atoms with Crippen molar-refractivity contribution < 1.29 is 0 Å². The van der Waals surface area contributed by atoms with Gasteiger partial charge in [0.1, 0.15) is 0 Å². The number of benzene rings is 2. The van der Waals surface area contributed by atoms with Crippen LogP contribution in [0.4, 0.5) is 0 Å². The van der Waals surface area contributed by atoms with Crippen molar-refractivity contribution in [3.63, 3.8) is 0 Å². The molecule has 0 saturated carbocycles. The van der Waals surface area contributed by atoms with Crippen LogP contribution in [0.25, 0.3) is 11.0 Å². The molecule has 1 atom stereocenters. The molecule has 1 aromatic heterocycles. The van der Waals surface area contributed by atoms with Crippen LogP contribution in [0.15, 0.2) is 48.8 Å². The molecular weight excluding hydrogens is 248 g/mol. The van der Waals surface area contributed by atoms with Gasteiger partial charge in [-0.3, -0.25) is 0 Å². The molecule has 0 fully saturated rings. The summed E-state index contributed by atoms with van der Waals surface area (Å²) in [4.78, 5) is 4.37. The largest absolute Gasteiger partial charge is 0.334 e. The molecule has 102 valence electrons. The number of fused-ring (bicyclic) bond motifs is 1. The molecule has 0 amide bonds. The fourth-order valence-corrected chi connectivity index (χ4v) is 2.40. The fourth-order valence-electron chi connectivity index (χ4n) is 2.40. The molecule has 0 saturated heterocycles. The molecule has 0 bridgehead atoms. The summed E-state index contributed by atoms with van der Waals surface area (Å²) < 4.78 is 2.00. The van der Waals surface area contributed by atoms with Crippen molar-refractivity contribution in [2.75, 3.05) is 0 Å². The van der Waals surface area contributed by atoms with Gasteiger partial charge in [-0.25, -0.2) is 4.98 Å². The van der Waals surface area contributed by atoms with Gasteiger partial charge < -0.3 is 16.0 Å². The fraction of sp³-hybridized carbons (Fsp3) is 0.188. The Morgan fingerprint density at radius 3 is 2.50 bits per heavy atom. The molecule has 2 aromatic carbocycles. The second kappa shape index (κ2) is 5.07. The van der Waals surface area contributed by atoms with E-state index in [1.807, 2.05) is 42.2 Å². The van der Waals surface area contributed by atoms with E-state index < -0.39 is 0 Å². The third kappa shape index (κ3) is 2.19. The average Bonchev–Trinajstić information content (AvgIpc) is 2.87. The van der Waals surface area contributed by atoms with Crippen LogP contribution in [0.2, 0.25) is 0 Å². The van der Waals surface area contributed by atoms with Gasteiger partial charge >= 0.3 is 0 Å². The van der Waals surface area contributed by atoms with Gasteiger partial charge in [0.15, 0.2) is 0 Å². The van der Waals surface area contributed by atoms with Crippen molar-refractivity contribution >= 4 is 11.0 Å². The van der Waals surface area contributed by atoms with Crippen molar-refractivity contribution in [3.05, 3.63) is 65.5 Å². The number of hydrogen-bond donors (Lipinski definition) is 2. The van der Waals surface area contributed by atoms with Crippen LogP contribution < -0.4 is 11.5 Å². The van der Waals surface area contributed by atoms with E-state index in [-0.39, 0.29) is 6.04 Å². The Bertz CT molecular complexity index is 728. The van der Waals surface area contributed by atoms with Gasteiger partial charge in [0.25, 0.3) is 0 Å². The summed E-state index contributed by atoms with van der Waals surface area (Å²) >= 11 is 0. The first-order valence-electron chi connectivity index (χ1n) is 6.64. The van der Waals surface area contributed by atoms with Crippen molar-refractivity contribution in [2.45, 2.75) is 12.6 Å². The molecule has 4 N–H and O–H groups in total. The highest BCUT2D eigenvalue weighted by molar-refractivity contribution is 5.76. The zero-order valence-electron chi connectivity index (χ0n) is 11.5. The Morgan fingerprint density at radius 2 is 1.80 bits per heavy atom. The van der Waals surface area contributed by atoms with E-state index in [1.54, 1.807) is 0 Å². The van der Waals surface area contributed by atoms with Crippen LogP contribution in [0, 0.1) is 0 Å². The van der Waals surface area contributed by atoms with Gasteiger partial charge in [0, 0.05) is 13.6 Å². The Kier molecular flexibility index (Phi) is 3.26. The Hall–Kier alpha value is -2.17. The summed E-state index contributed by atoms with van der Waals surface area (Å²) in [6.45, 7) is 0.551. The molecule has 4 nitrogen and oxygen atoms in total. The lowest BCUT2D eigenvalue weighted by molar-refractivity contribution is 0.870. The minimum atomic E-state index is -0.145. The van der Waals surface area contributed by atoms with Crippen molar-refractivity contribution in [1.82, 2.24) is 9.55 Å². The SMILES string of the molecule is Cn1cnc2cc(C(N)c3ccc(CN)cc3)ccc21. The quantitative estimate of drug-likeness (QED) is 0.762. The Labute approximate surface area is 118 Å². The maximum atomic E-state index is 6.34. The first kappa shape index (κ1) is 12.8. The van der Waals surface area contributed by atoms with Crippen molar-refractivity contribution in [2.24, 2.45) is 18.5 Å². The van der Waals surface area contributed by atoms with Crippen LogP contribution in [0.5, 0.6) is 0 Å². The van der Waals surface area contributed by atoms with Crippen LogP contribution >= 0.6 is 0 Å². The number of imidazole rings is 1. The van der Waals surface area contributed by atoms with Gasteiger partial charge in [0.05, 0.1) is 23.4 Å². The standard InChI is InChI=1S/C16H18N4/c1-20-10-19-14-8-13(6-7-15(14)20)16(18)12-4-2-11(9-17)3-5-12/h2-8,10,16H,9,17-18H2,1H3. The number of nitrogens with two attached hydrogens (primary N) is 2. The maximum Gasteiger partial charge on any atom is 0.0955 e. The molecule has 0 aliphatic carbocycles. The highest BCUT2D eigenvalue weighted by atomic mass is 15.0. The summed E-state index contributed by atoms with van der Waals surface area (Å²) in [5, 5.41) is 0. The summed E-state index contributed by atoms with van der Waals surface area (Å²) in [6.07, 6.45) is 1.82. The number of hydrogen-bond acceptors (Lipinski definition) is 3. The van der Waals surface area contributed by atoms with Crippen LogP contribution in [-0.4, -0.2) is 9.55 Å². The monoisotopic (exact) mass is 266 g/mol. The van der Waals surface area contributed by atoms with Crippen molar-refractivity contribution in [3.8, 4) is 0 Å². The van der Waals surface area contributed by atoms with E-state index >= 15 is 0 Å². The third-order valence-corrected chi connectivity index (χ3v) is 3.68. The van der Waals surface area contributed by atoms with E-state index in [0.29, 0.717) is 6.54 Å². The summed E-state index contributed by atoms with van der Waals surface area (Å²) in [5.41, 5.74) is 17.3. The van der Waals surface area contributed by atoms with Gasteiger partial charge in [-0.1, -0.05) is 30.3 Å². The van der Waals surface area contributed by atoms with E-state index in [0.717, 1.165) is 27.7 Å². The van der Waals surface area contributed by atoms with E-state index in [4.69, 9.17) is 11.5 Å². The molecule has 1 heterocycles. The lowest BCUT2D eigenvalue weighted by Gasteiger charge is -2.13. The minimum Gasteiger partial charge on any atom is -0.334 e. The van der Waals surface area contributed by atoms with Gasteiger partial charge in [-0.15, -0.1) is 0 Å². The molecule has 4 heteroatoms. The molecular formula is C16H18N4. The van der Waals surface area contributed by atoms with Gasteiger partial charge in [0.2, 0.25) is 0 Å². The molecule has 0 radical (unpaired) electrons. The Morgan fingerprint density at radius 1 is 1.10 bits per heavy atom. The smallest absolute Gasteiger partial charge is 0.0955 e. The first-order valence-corrected chi connectivity index (χ1v) is 6.64. The second-order valence-corrected chi connectivity index (χ2v) is 5.03. The topological polar surface area (TPSA) is 69.9 Å². The summed E-state index contributed by atoms with van der Waals surface area (Å²) in [6, 6.07) is 14.1. The zero-order valence-corrected chi connectivity index (χ0v) is 11.5. The zero-order chi connectivity index (χ0) is 14.1. The predicted molar refractivity (Wildman–Crippen MR) is 81.1 cm³/mol. The Balaban J connectivity index is 1.96. The minimum absolute atomic E-state index is 0.145. The van der Waals surface area contributed by atoms with Crippen LogP contribution in [0.3, 0.4) is 0 Å².